The minimum atomic E-state index is -1.46. The standard InChI is InChI=1S/C24H45N3O7.2C20H28N4O8.C7H5NO.C2H6/c1-22(2,3)32-18(28)14-13-17(20(30)34-24(7,8)9)27-21(31)26-16(12-10-11-15-25)19(29)33-23(4,5)6;2*1-12-5-7-13(8-6-12)22-19(31)21-11-3-2-4-14(17(27)28)23-20(32)24-15(18(29)30)9-10-16(25)26;9-6-8-7-4-2-1-3-5-7;1-2/h16-17H,10-15,25H2,1-9H3,(H2,26,27,31);2*5-8,14-15H,2-4,9-11H2,1H3,(H,25,26)(H,27,28)(H,29,30)(H2,21,22,31)(H2,23,24,32);1-5H;1-2H3/t16-,17-;2*14-,15-;;/m000../s1. The number of carboxylic acids is 6. The molecule has 0 aromatic heterocycles. The SMILES string of the molecule is CC.CC(C)(C)OC(=O)CC[C@H](NC(=O)N[C@@H](CCCCN)C(=O)OC(C)(C)C)C(=O)OC(C)(C)C.Cc1ccc(NC(=O)NCCCC[C@H](NC(=O)N[C@@H](CCC(=O)O)C(=O)O)C(=O)O)cc1.Cc1ccc(NC(=O)NCCCC[C@H](NC(=O)N[C@@H](CCC(=O)O)C(=O)O)C(=O)O)cc1.O=C=Nc1ccccc1. The number of unbranched alkanes of at least 4 members (excludes halogenated alkanes) is 3. The van der Waals surface area contributed by atoms with Crippen molar-refractivity contribution in [2.45, 2.75) is 239 Å². The zero-order chi connectivity index (χ0) is 83.5. The molecular formula is C73H112N12O24. The second-order valence-corrected chi connectivity index (χ2v) is 26.9. The van der Waals surface area contributed by atoms with Gasteiger partial charge in [0.1, 0.15) is 53.1 Å². The summed E-state index contributed by atoms with van der Waals surface area (Å²) >= 11 is 0. The van der Waals surface area contributed by atoms with Crippen molar-refractivity contribution in [1.29, 1.82) is 0 Å². The molecule has 3 aromatic rings. The summed E-state index contributed by atoms with van der Waals surface area (Å²) in [5.41, 5.74) is 7.38. The van der Waals surface area contributed by atoms with Crippen molar-refractivity contribution in [2.75, 3.05) is 30.3 Å². The Balaban J connectivity index is 0. The molecule has 0 aliphatic rings. The van der Waals surface area contributed by atoms with Crippen LogP contribution in [0, 0.1) is 13.8 Å². The highest BCUT2D eigenvalue weighted by atomic mass is 16.6. The Bertz CT molecular complexity index is 3250. The summed E-state index contributed by atoms with van der Waals surface area (Å²) in [6, 6.07) is 12.4. The number of hydrogen-bond acceptors (Lipinski definition) is 20. The highest BCUT2D eigenvalue weighted by molar-refractivity contribution is 5.91. The lowest BCUT2D eigenvalue weighted by atomic mass is 10.1. The first kappa shape index (κ1) is 99.6. The Morgan fingerprint density at radius 3 is 1.02 bits per heavy atom. The van der Waals surface area contributed by atoms with Gasteiger partial charge in [-0.3, -0.25) is 14.4 Å². The highest BCUT2D eigenvalue weighted by Crippen LogP contribution is 2.17. The average Bonchev–Trinajstić information content (AvgIpc) is 0.876. The Morgan fingerprint density at radius 2 is 0.706 bits per heavy atom. The van der Waals surface area contributed by atoms with Crippen molar-refractivity contribution in [3.8, 4) is 0 Å². The Hall–Kier alpha value is -11.4. The number of carbonyl (C=O) groups is 14. The number of carbonyl (C=O) groups excluding carboxylic acids is 9. The third-order valence-corrected chi connectivity index (χ3v) is 13.7. The largest absolute Gasteiger partial charge is 0.481 e. The zero-order valence-electron chi connectivity index (χ0n) is 64.3. The molecule has 10 amide bonds. The van der Waals surface area contributed by atoms with E-state index in [2.05, 4.69) is 58.2 Å². The number of anilines is 2. The molecule has 3 rings (SSSR count). The first-order chi connectivity index (χ1) is 50.9. The van der Waals surface area contributed by atoms with Crippen molar-refractivity contribution in [3.63, 3.8) is 0 Å². The normalized spacial score (nSPS) is 12.2. The zero-order valence-corrected chi connectivity index (χ0v) is 64.3. The number of aliphatic imine (C=N–C) groups is 1. The molecule has 0 bridgehead atoms. The van der Waals surface area contributed by atoms with Gasteiger partial charge in [0.15, 0.2) is 0 Å². The molecule has 0 spiro atoms. The number of para-hydroxylation sites is 1. The predicted octanol–water partition coefficient (Wildman–Crippen LogP) is 8.35. The number of amides is 10. The molecule has 0 aliphatic carbocycles. The Morgan fingerprint density at radius 1 is 0.404 bits per heavy atom. The van der Waals surface area contributed by atoms with E-state index in [1.54, 1.807) is 98.7 Å². The summed E-state index contributed by atoms with van der Waals surface area (Å²) in [5.74, 6) is -9.68. The van der Waals surface area contributed by atoms with Gasteiger partial charge in [-0.1, -0.05) is 67.4 Å². The second kappa shape index (κ2) is 54.2. The first-order valence-corrected chi connectivity index (χ1v) is 35.2. The fourth-order valence-corrected chi connectivity index (χ4v) is 8.56. The minimum absolute atomic E-state index is 0.0263. The van der Waals surface area contributed by atoms with E-state index in [-0.39, 0.29) is 51.6 Å². The molecule has 0 saturated heterocycles. The van der Waals surface area contributed by atoms with Gasteiger partial charge in [-0.2, -0.15) is 4.99 Å². The maximum Gasteiger partial charge on any atom is 0.329 e. The second-order valence-electron chi connectivity index (χ2n) is 26.9. The van der Waals surface area contributed by atoms with Crippen LogP contribution in [-0.4, -0.2) is 193 Å². The van der Waals surface area contributed by atoms with Crippen LogP contribution in [-0.2, 0) is 62.2 Å². The van der Waals surface area contributed by atoms with Gasteiger partial charge in [-0.15, -0.1) is 0 Å². The van der Waals surface area contributed by atoms with Crippen molar-refractivity contribution in [2.24, 2.45) is 10.7 Å². The molecule has 0 fully saturated rings. The van der Waals surface area contributed by atoms with Crippen LogP contribution in [0.2, 0.25) is 0 Å². The molecule has 36 heteroatoms. The van der Waals surface area contributed by atoms with E-state index < -0.39 is 150 Å². The number of ether oxygens (including phenoxy) is 3. The number of hydrogen-bond donors (Lipinski definition) is 17. The van der Waals surface area contributed by atoms with Crippen molar-refractivity contribution < 1.29 is 117 Å². The maximum atomic E-state index is 12.7. The number of isocyanates is 1. The van der Waals surface area contributed by atoms with E-state index in [4.69, 9.17) is 40.4 Å². The summed E-state index contributed by atoms with van der Waals surface area (Å²) in [4.78, 5) is 177. The Labute approximate surface area is 634 Å². The molecular weight excluding hydrogens is 1430 g/mol. The van der Waals surface area contributed by atoms with E-state index in [0.717, 1.165) is 11.1 Å². The molecule has 0 radical (unpaired) electrons. The van der Waals surface area contributed by atoms with Crippen LogP contribution in [0.3, 0.4) is 0 Å². The van der Waals surface area contributed by atoms with Crippen LogP contribution in [0.4, 0.5) is 41.0 Å². The van der Waals surface area contributed by atoms with Gasteiger partial charge in [0, 0.05) is 43.7 Å². The van der Waals surface area contributed by atoms with Crippen LogP contribution < -0.4 is 58.9 Å². The van der Waals surface area contributed by atoms with Gasteiger partial charge >= 0.3 is 83.9 Å². The number of aryl methyl sites for hydroxylation is 2. The summed E-state index contributed by atoms with van der Waals surface area (Å²) in [7, 11) is 0. The average molecular weight is 1540 g/mol. The molecule has 0 heterocycles. The van der Waals surface area contributed by atoms with Crippen LogP contribution in [0.5, 0.6) is 0 Å². The van der Waals surface area contributed by atoms with Crippen LogP contribution >= 0.6 is 0 Å². The number of nitrogens with zero attached hydrogens (tertiary/aromatic N) is 1. The highest BCUT2D eigenvalue weighted by Gasteiger charge is 2.32. The number of aliphatic carboxylic acids is 6. The van der Waals surface area contributed by atoms with E-state index in [9.17, 15) is 82.1 Å². The third-order valence-electron chi connectivity index (χ3n) is 13.7. The van der Waals surface area contributed by atoms with E-state index in [1.165, 1.54) is 6.08 Å². The predicted molar refractivity (Wildman–Crippen MR) is 401 cm³/mol. The van der Waals surface area contributed by atoms with Crippen molar-refractivity contribution in [1.82, 2.24) is 42.5 Å². The van der Waals surface area contributed by atoms with Gasteiger partial charge in [-0.05, 0) is 196 Å². The number of nitrogens with two attached hydrogens (primary N) is 1. The molecule has 608 valence electrons. The quantitative estimate of drug-likeness (QED) is 0.00842. The van der Waals surface area contributed by atoms with Crippen LogP contribution in [0.1, 0.15) is 184 Å². The van der Waals surface area contributed by atoms with Crippen LogP contribution in [0.15, 0.2) is 83.9 Å². The van der Waals surface area contributed by atoms with E-state index >= 15 is 0 Å². The van der Waals surface area contributed by atoms with Gasteiger partial charge in [0.05, 0.1) is 5.69 Å². The first-order valence-electron chi connectivity index (χ1n) is 35.2. The van der Waals surface area contributed by atoms with Crippen molar-refractivity contribution in [3.05, 3.63) is 90.0 Å². The molecule has 3 aromatic carbocycles. The molecule has 0 unspecified atom stereocenters. The number of benzene rings is 3. The number of rotatable bonds is 38. The minimum Gasteiger partial charge on any atom is -0.481 e. The fourth-order valence-electron chi connectivity index (χ4n) is 8.56. The van der Waals surface area contributed by atoms with E-state index in [1.807, 2.05) is 70.2 Å². The van der Waals surface area contributed by atoms with Gasteiger partial charge in [-0.25, -0.2) is 57.5 Å². The topological polar surface area (TPSA) is 564 Å². The van der Waals surface area contributed by atoms with Gasteiger partial charge in [0.25, 0.3) is 0 Å². The molecule has 109 heavy (non-hydrogen) atoms. The lowest BCUT2D eigenvalue weighted by molar-refractivity contribution is -0.159. The van der Waals surface area contributed by atoms with Gasteiger partial charge < -0.3 is 104 Å². The Kier molecular flexibility index (Phi) is 49.5. The maximum absolute atomic E-state index is 12.7. The lowest BCUT2D eigenvalue weighted by Crippen LogP contribution is -2.53. The summed E-state index contributed by atoms with van der Waals surface area (Å²) in [5, 5.41) is 78.0. The number of nitrogens with one attached hydrogen (secondary N) is 10. The summed E-state index contributed by atoms with van der Waals surface area (Å²) in [6.07, 6.45) is 3.06. The monoisotopic (exact) mass is 1540 g/mol. The molecule has 0 saturated carbocycles. The van der Waals surface area contributed by atoms with Crippen molar-refractivity contribution >= 4 is 107 Å². The molecule has 18 N–H and O–H groups in total. The summed E-state index contributed by atoms with van der Waals surface area (Å²) < 4.78 is 16.1. The molecule has 6 atom stereocenters. The third kappa shape index (κ3) is 53.9. The smallest absolute Gasteiger partial charge is 0.329 e. The molecule has 36 nitrogen and oxygen atoms in total. The number of carboxylic acid groups (broad SMARTS) is 6. The fraction of sp³-hybridized carbons (Fsp3) is 0.548. The number of esters is 3. The number of urea groups is 5. The lowest BCUT2D eigenvalue weighted by Gasteiger charge is -2.27. The van der Waals surface area contributed by atoms with Crippen LogP contribution in [0.25, 0.3) is 0 Å². The summed E-state index contributed by atoms with van der Waals surface area (Å²) in [6.45, 7) is 24.4. The van der Waals surface area contributed by atoms with E-state index in [0.29, 0.717) is 68.6 Å². The molecule has 0 aliphatic heterocycles. The van der Waals surface area contributed by atoms with Gasteiger partial charge in [0.2, 0.25) is 6.08 Å².